The number of carbonyl (C=O) groups excluding carboxylic acids is 1. The summed E-state index contributed by atoms with van der Waals surface area (Å²) in [6, 6.07) is 1.06. The van der Waals surface area contributed by atoms with E-state index in [-0.39, 0.29) is 22.7 Å². The van der Waals surface area contributed by atoms with Gasteiger partial charge in [0.25, 0.3) is 5.92 Å². The van der Waals surface area contributed by atoms with Gasteiger partial charge in [-0.2, -0.15) is 0 Å². The lowest BCUT2D eigenvalue weighted by molar-refractivity contribution is -0.00863. The summed E-state index contributed by atoms with van der Waals surface area (Å²) in [5.41, 5.74) is -0.302. The van der Waals surface area contributed by atoms with Crippen LogP contribution in [0.3, 0.4) is 0 Å². The molecule has 0 aromatic carbocycles. The van der Waals surface area contributed by atoms with Crippen LogP contribution in [0.4, 0.5) is 8.78 Å². The third kappa shape index (κ3) is 2.07. The minimum Gasteiger partial charge on any atom is -0.298 e. The molecule has 14 heavy (non-hydrogen) atoms. The molecule has 0 spiro atoms. The first kappa shape index (κ1) is 11.0. The molecule has 5 heteroatoms. The van der Waals surface area contributed by atoms with E-state index in [0.29, 0.717) is 6.29 Å². The molecule has 1 heterocycles. The second kappa shape index (κ2) is 4.00. The molecule has 76 valence electrons. The van der Waals surface area contributed by atoms with Crippen molar-refractivity contribution in [3.63, 3.8) is 0 Å². The van der Waals surface area contributed by atoms with Gasteiger partial charge in [-0.3, -0.25) is 4.79 Å². The Balaban J connectivity index is 3.19. The van der Waals surface area contributed by atoms with Crippen molar-refractivity contribution in [3.05, 3.63) is 28.5 Å². The van der Waals surface area contributed by atoms with Crippen molar-refractivity contribution in [3.8, 4) is 0 Å². The number of aldehydes is 1. The predicted octanol–water partition coefficient (Wildman–Crippen LogP) is 3.05. The minimum absolute atomic E-state index is 0.0164. The van der Waals surface area contributed by atoms with Gasteiger partial charge in [-0.1, -0.05) is 18.5 Å². The van der Waals surface area contributed by atoms with Crippen LogP contribution in [-0.4, -0.2) is 11.3 Å². The van der Waals surface area contributed by atoms with Crippen molar-refractivity contribution >= 4 is 17.9 Å². The number of hydrogen-bond donors (Lipinski definition) is 0. The maximum atomic E-state index is 13.1. The van der Waals surface area contributed by atoms with E-state index in [1.807, 2.05) is 0 Å². The lowest BCUT2D eigenvalue weighted by Crippen LogP contribution is -2.12. The molecule has 0 radical (unpaired) electrons. The molecule has 1 rings (SSSR count). The Labute approximate surface area is 84.9 Å². The number of aromatic nitrogens is 1. The van der Waals surface area contributed by atoms with Crippen LogP contribution >= 0.6 is 11.6 Å². The third-order valence-corrected chi connectivity index (χ3v) is 2.18. The highest BCUT2D eigenvalue weighted by Crippen LogP contribution is 2.31. The van der Waals surface area contributed by atoms with Crippen molar-refractivity contribution < 1.29 is 13.6 Å². The molecular formula is C9H8ClF2NO. The molecule has 0 amide bonds. The average Bonchev–Trinajstić information content (AvgIpc) is 2.18. The van der Waals surface area contributed by atoms with Crippen LogP contribution < -0.4 is 0 Å². The van der Waals surface area contributed by atoms with Crippen LogP contribution in [0.2, 0.25) is 5.15 Å². The highest BCUT2D eigenvalue weighted by molar-refractivity contribution is 6.31. The standard InChI is InChI=1S/C9H8ClF2NO/c1-2-9(11,12)7-3-6(5-14)8(10)13-4-7/h3-5H,2H2,1H3. The second-order valence-electron chi connectivity index (χ2n) is 2.78. The van der Waals surface area contributed by atoms with Crippen molar-refractivity contribution in [2.45, 2.75) is 19.3 Å². The van der Waals surface area contributed by atoms with Crippen molar-refractivity contribution in [1.29, 1.82) is 0 Å². The van der Waals surface area contributed by atoms with E-state index in [0.717, 1.165) is 12.3 Å². The Morgan fingerprint density at radius 3 is 2.79 bits per heavy atom. The molecule has 1 aromatic heterocycles. The van der Waals surface area contributed by atoms with Crippen molar-refractivity contribution in [1.82, 2.24) is 4.98 Å². The molecule has 0 fully saturated rings. The maximum absolute atomic E-state index is 13.1. The number of pyridine rings is 1. The van der Waals surface area contributed by atoms with Gasteiger partial charge in [0.2, 0.25) is 0 Å². The highest BCUT2D eigenvalue weighted by Gasteiger charge is 2.29. The van der Waals surface area contributed by atoms with Crippen LogP contribution in [0.1, 0.15) is 29.3 Å². The van der Waals surface area contributed by atoms with Crippen LogP contribution in [0, 0.1) is 0 Å². The predicted molar refractivity (Wildman–Crippen MR) is 48.8 cm³/mol. The lowest BCUT2D eigenvalue weighted by Gasteiger charge is -2.14. The first-order chi connectivity index (χ1) is 6.51. The average molecular weight is 220 g/mol. The molecule has 0 aliphatic rings. The number of halogens is 3. The van der Waals surface area contributed by atoms with E-state index in [4.69, 9.17) is 11.6 Å². The Hall–Kier alpha value is -1.03. The summed E-state index contributed by atoms with van der Waals surface area (Å²) in [6.45, 7) is 1.36. The van der Waals surface area contributed by atoms with E-state index in [1.165, 1.54) is 6.92 Å². The summed E-state index contributed by atoms with van der Waals surface area (Å²) in [6.07, 6.45) is 1.05. The molecule has 1 aromatic rings. The zero-order valence-electron chi connectivity index (χ0n) is 7.43. The smallest absolute Gasteiger partial charge is 0.274 e. The fourth-order valence-electron chi connectivity index (χ4n) is 0.952. The molecule has 0 saturated carbocycles. The number of rotatable bonds is 3. The fraction of sp³-hybridized carbons (Fsp3) is 0.333. The summed E-state index contributed by atoms with van der Waals surface area (Å²) in [5.74, 6) is -2.96. The molecule has 0 bridgehead atoms. The molecule has 0 N–H and O–H groups in total. The topological polar surface area (TPSA) is 30.0 Å². The maximum Gasteiger partial charge on any atom is 0.274 e. The van der Waals surface area contributed by atoms with Gasteiger partial charge in [0.1, 0.15) is 5.15 Å². The lowest BCUT2D eigenvalue weighted by atomic mass is 10.1. The quantitative estimate of drug-likeness (QED) is 0.578. The van der Waals surface area contributed by atoms with Gasteiger partial charge in [-0.25, -0.2) is 13.8 Å². The molecule has 0 aliphatic carbocycles. The normalized spacial score (nSPS) is 11.4. The van der Waals surface area contributed by atoms with Gasteiger partial charge in [0, 0.05) is 18.2 Å². The number of nitrogens with zero attached hydrogens (tertiary/aromatic N) is 1. The van der Waals surface area contributed by atoms with Gasteiger partial charge in [-0.15, -0.1) is 0 Å². The van der Waals surface area contributed by atoms with E-state index in [1.54, 1.807) is 0 Å². The Morgan fingerprint density at radius 2 is 2.29 bits per heavy atom. The van der Waals surface area contributed by atoms with Crippen LogP contribution in [0.15, 0.2) is 12.3 Å². The first-order valence-electron chi connectivity index (χ1n) is 4.00. The Bertz CT molecular complexity index is 355. The number of hydrogen-bond acceptors (Lipinski definition) is 2. The zero-order chi connectivity index (χ0) is 10.8. The first-order valence-corrected chi connectivity index (χ1v) is 4.38. The van der Waals surface area contributed by atoms with Crippen molar-refractivity contribution in [2.24, 2.45) is 0 Å². The van der Waals surface area contributed by atoms with Gasteiger partial charge >= 0.3 is 0 Å². The summed E-state index contributed by atoms with van der Waals surface area (Å²) in [7, 11) is 0. The van der Waals surface area contributed by atoms with Gasteiger partial charge < -0.3 is 0 Å². The summed E-state index contributed by atoms with van der Waals surface area (Å²) >= 11 is 5.50. The Kier molecular flexibility index (Phi) is 3.16. The van der Waals surface area contributed by atoms with Gasteiger partial charge in [0.05, 0.1) is 5.56 Å². The number of alkyl halides is 2. The molecule has 0 unspecified atom stereocenters. The summed E-state index contributed by atoms with van der Waals surface area (Å²) < 4.78 is 26.3. The van der Waals surface area contributed by atoms with Gasteiger partial charge in [0.15, 0.2) is 6.29 Å². The molecule has 0 aliphatic heterocycles. The Morgan fingerprint density at radius 1 is 1.64 bits per heavy atom. The molecule has 0 atom stereocenters. The third-order valence-electron chi connectivity index (χ3n) is 1.86. The van der Waals surface area contributed by atoms with Crippen molar-refractivity contribution in [2.75, 3.05) is 0 Å². The minimum atomic E-state index is -2.96. The van der Waals surface area contributed by atoms with E-state index in [9.17, 15) is 13.6 Å². The summed E-state index contributed by atoms with van der Waals surface area (Å²) in [5, 5.41) is -0.0596. The second-order valence-corrected chi connectivity index (χ2v) is 3.14. The zero-order valence-corrected chi connectivity index (χ0v) is 8.18. The van der Waals surface area contributed by atoms with Crippen LogP contribution in [0.5, 0.6) is 0 Å². The summed E-state index contributed by atoms with van der Waals surface area (Å²) in [4.78, 5) is 13.9. The number of carbonyl (C=O) groups is 1. The monoisotopic (exact) mass is 219 g/mol. The van der Waals surface area contributed by atoms with E-state index in [2.05, 4.69) is 4.98 Å². The van der Waals surface area contributed by atoms with Crippen LogP contribution in [0.25, 0.3) is 0 Å². The fourth-order valence-corrected chi connectivity index (χ4v) is 1.10. The van der Waals surface area contributed by atoms with Gasteiger partial charge in [-0.05, 0) is 6.07 Å². The molecule has 0 saturated heterocycles. The highest BCUT2D eigenvalue weighted by atomic mass is 35.5. The SMILES string of the molecule is CCC(F)(F)c1cnc(Cl)c(C=O)c1. The largest absolute Gasteiger partial charge is 0.298 e. The molecule has 2 nitrogen and oxygen atoms in total. The molecular weight excluding hydrogens is 212 g/mol. The van der Waals surface area contributed by atoms with E-state index >= 15 is 0 Å². The van der Waals surface area contributed by atoms with E-state index < -0.39 is 5.92 Å². The van der Waals surface area contributed by atoms with Crippen LogP contribution in [-0.2, 0) is 5.92 Å².